The first-order valence-electron chi connectivity index (χ1n) is 11.0. The van der Waals surface area contributed by atoms with Crippen molar-refractivity contribution in [1.29, 1.82) is 0 Å². The Morgan fingerprint density at radius 2 is 1.88 bits per heavy atom. The van der Waals surface area contributed by atoms with Crippen molar-refractivity contribution in [2.75, 3.05) is 23.7 Å². The van der Waals surface area contributed by atoms with Crippen molar-refractivity contribution >= 4 is 44.8 Å². The average Bonchev–Trinajstić information content (AvgIpc) is 3.24. The van der Waals surface area contributed by atoms with Crippen LogP contribution in [-0.4, -0.2) is 46.8 Å². The molecule has 1 aliphatic heterocycles. The number of piperidine rings is 1. The smallest absolute Gasteiger partial charge is 0.241 e. The van der Waals surface area contributed by atoms with Crippen LogP contribution in [0.4, 0.5) is 23.1 Å². The number of hydrogen-bond acceptors (Lipinski definition) is 8. The number of aromatic nitrogens is 4. The highest BCUT2D eigenvalue weighted by Gasteiger charge is 2.22. The lowest BCUT2D eigenvalue weighted by Gasteiger charge is -2.22. The third-order valence-corrected chi connectivity index (χ3v) is 7.16. The Kier molecular flexibility index (Phi) is 7.08. The quantitative estimate of drug-likeness (QED) is 0.382. The van der Waals surface area contributed by atoms with E-state index in [1.54, 1.807) is 39.1 Å². The van der Waals surface area contributed by atoms with Crippen LogP contribution in [0.2, 0.25) is 5.02 Å². The van der Waals surface area contributed by atoms with Crippen LogP contribution in [0.3, 0.4) is 0 Å². The summed E-state index contributed by atoms with van der Waals surface area (Å²) in [6.07, 6.45) is 7.23. The molecule has 1 aromatic carbocycles. The lowest BCUT2D eigenvalue weighted by atomic mass is 10.1. The van der Waals surface area contributed by atoms with Gasteiger partial charge in [0.2, 0.25) is 16.0 Å². The zero-order valence-electron chi connectivity index (χ0n) is 19.3. The highest BCUT2D eigenvalue weighted by molar-refractivity contribution is 7.89. The molecule has 10 nitrogen and oxygen atoms in total. The fraction of sp³-hybridized carbons (Fsp3) is 0.409. The van der Waals surface area contributed by atoms with Crippen LogP contribution in [-0.2, 0) is 10.0 Å². The van der Waals surface area contributed by atoms with Crippen LogP contribution in [0.5, 0.6) is 0 Å². The second-order valence-corrected chi connectivity index (χ2v) is 11.3. The molecule has 4 N–H and O–H groups in total. The van der Waals surface area contributed by atoms with E-state index in [1.165, 1.54) is 18.3 Å². The van der Waals surface area contributed by atoms with E-state index >= 15 is 0 Å². The van der Waals surface area contributed by atoms with Crippen molar-refractivity contribution in [3.63, 3.8) is 0 Å². The van der Waals surface area contributed by atoms with Crippen LogP contribution in [0.1, 0.15) is 39.7 Å². The van der Waals surface area contributed by atoms with Gasteiger partial charge < -0.3 is 16.0 Å². The van der Waals surface area contributed by atoms with E-state index in [1.807, 2.05) is 10.9 Å². The molecule has 12 heteroatoms. The predicted molar refractivity (Wildman–Crippen MR) is 133 cm³/mol. The minimum absolute atomic E-state index is 0.140. The van der Waals surface area contributed by atoms with E-state index in [9.17, 15) is 8.42 Å². The molecular formula is C22H29ClN8O2S. The predicted octanol–water partition coefficient (Wildman–Crippen LogP) is 3.82. The van der Waals surface area contributed by atoms with Crippen molar-refractivity contribution in [2.24, 2.45) is 0 Å². The van der Waals surface area contributed by atoms with Gasteiger partial charge in [0, 0.05) is 17.4 Å². The largest absolute Gasteiger partial charge is 0.339 e. The Balaban J connectivity index is 1.49. The summed E-state index contributed by atoms with van der Waals surface area (Å²) in [5.74, 6) is 0.693. The molecule has 4 rings (SSSR count). The maximum Gasteiger partial charge on any atom is 0.241 e. The van der Waals surface area contributed by atoms with Gasteiger partial charge in [-0.3, -0.25) is 4.68 Å². The van der Waals surface area contributed by atoms with Crippen LogP contribution in [0.25, 0.3) is 0 Å². The Labute approximate surface area is 204 Å². The van der Waals surface area contributed by atoms with Crippen LogP contribution in [0.15, 0.2) is 47.8 Å². The molecule has 34 heavy (non-hydrogen) atoms. The summed E-state index contributed by atoms with van der Waals surface area (Å²) in [5.41, 5.74) is 0.704. The van der Waals surface area contributed by atoms with Gasteiger partial charge in [0.05, 0.1) is 29.0 Å². The molecule has 3 aromatic rings. The number of benzene rings is 1. The standard InChI is InChI=1S/C22H29ClN8O2S/c1-22(2,3)30-34(32,33)18-6-4-5-15(11-18)27-20-19(23)13-25-21(29-20)28-16-12-26-31(14-16)17-7-9-24-10-8-17/h4-6,11-14,17,24,30H,7-10H2,1-3H3,(H2,25,27,28,29). The molecule has 1 aliphatic rings. The molecule has 1 fully saturated rings. The summed E-state index contributed by atoms with van der Waals surface area (Å²) in [6, 6.07) is 6.83. The van der Waals surface area contributed by atoms with Gasteiger partial charge in [0.15, 0.2) is 5.82 Å². The molecule has 0 atom stereocenters. The van der Waals surface area contributed by atoms with Gasteiger partial charge in [-0.1, -0.05) is 17.7 Å². The van der Waals surface area contributed by atoms with E-state index in [0.717, 1.165) is 31.6 Å². The maximum atomic E-state index is 12.7. The maximum absolute atomic E-state index is 12.7. The SMILES string of the molecule is CC(C)(C)NS(=O)(=O)c1cccc(Nc2nc(Nc3cnn(C4CCNCC4)c3)ncc2Cl)c1. The molecule has 0 aliphatic carbocycles. The number of anilines is 4. The van der Waals surface area contributed by atoms with E-state index in [2.05, 4.69) is 35.7 Å². The van der Waals surface area contributed by atoms with Gasteiger partial charge in [-0.25, -0.2) is 18.1 Å². The minimum atomic E-state index is -3.68. The first-order valence-corrected chi connectivity index (χ1v) is 12.9. The van der Waals surface area contributed by atoms with Crippen molar-refractivity contribution < 1.29 is 8.42 Å². The van der Waals surface area contributed by atoms with Crippen molar-refractivity contribution in [3.8, 4) is 0 Å². The number of sulfonamides is 1. The van der Waals surface area contributed by atoms with E-state index in [0.29, 0.717) is 28.5 Å². The first kappa shape index (κ1) is 24.4. The molecule has 0 amide bonds. The molecule has 0 saturated carbocycles. The summed E-state index contributed by atoms with van der Waals surface area (Å²) in [5, 5.41) is 14.4. The third kappa shape index (κ3) is 6.23. The molecule has 0 bridgehead atoms. The van der Waals surface area contributed by atoms with Crippen LogP contribution < -0.4 is 20.7 Å². The van der Waals surface area contributed by atoms with Gasteiger partial charge in [0.25, 0.3) is 0 Å². The number of rotatable bonds is 7. The molecule has 0 unspecified atom stereocenters. The van der Waals surface area contributed by atoms with E-state index in [4.69, 9.17) is 11.6 Å². The molecular weight excluding hydrogens is 476 g/mol. The monoisotopic (exact) mass is 504 g/mol. The van der Waals surface area contributed by atoms with Gasteiger partial charge in [-0.2, -0.15) is 10.1 Å². The second-order valence-electron chi connectivity index (χ2n) is 9.21. The van der Waals surface area contributed by atoms with Crippen molar-refractivity contribution in [3.05, 3.63) is 47.9 Å². The Morgan fingerprint density at radius 1 is 1.12 bits per heavy atom. The Morgan fingerprint density at radius 3 is 2.62 bits per heavy atom. The number of nitrogens with zero attached hydrogens (tertiary/aromatic N) is 4. The molecule has 0 radical (unpaired) electrons. The second kappa shape index (κ2) is 9.87. The Bertz CT molecular complexity index is 1250. The summed E-state index contributed by atoms with van der Waals surface area (Å²) >= 11 is 6.30. The van der Waals surface area contributed by atoms with Crippen molar-refractivity contribution in [2.45, 2.75) is 50.1 Å². The molecule has 182 valence electrons. The summed E-state index contributed by atoms with van der Waals surface area (Å²) in [7, 11) is -3.68. The van der Waals surface area contributed by atoms with E-state index in [-0.39, 0.29) is 4.90 Å². The van der Waals surface area contributed by atoms with Crippen LogP contribution in [0, 0.1) is 0 Å². The fourth-order valence-corrected chi connectivity index (χ4v) is 5.26. The topological polar surface area (TPSA) is 126 Å². The Hall–Kier alpha value is -2.73. The summed E-state index contributed by atoms with van der Waals surface area (Å²) in [6.45, 7) is 7.34. The first-order chi connectivity index (χ1) is 16.1. The van der Waals surface area contributed by atoms with Gasteiger partial charge >= 0.3 is 0 Å². The zero-order chi connectivity index (χ0) is 24.3. The molecule has 2 aromatic heterocycles. The lowest BCUT2D eigenvalue weighted by Crippen LogP contribution is -2.40. The number of nitrogens with one attached hydrogen (secondary N) is 4. The number of hydrogen-bond donors (Lipinski definition) is 4. The highest BCUT2D eigenvalue weighted by atomic mass is 35.5. The third-order valence-electron chi connectivity index (χ3n) is 5.13. The average molecular weight is 505 g/mol. The summed E-state index contributed by atoms with van der Waals surface area (Å²) in [4.78, 5) is 8.85. The summed E-state index contributed by atoms with van der Waals surface area (Å²) < 4.78 is 30.0. The van der Waals surface area contributed by atoms with E-state index < -0.39 is 15.6 Å². The molecule has 3 heterocycles. The van der Waals surface area contributed by atoms with Crippen molar-refractivity contribution in [1.82, 2.24) is 29.8 Å². The fourth-order valence-electron chi connectivity index (χ4n) is 3.66. The zero-order valence-corrected chi connectivity index (χ0v) is 20.9. The molecule has 1 saturated heterocycles. The number of halogens is 1. The minimum Gasteiger partial charge on any atom is -0.339 e. The van der Waals surface area contributed by atoms with Gasteiger partial charge in [0.1, 0.15) is 5.02 Å². The highest BCUT2D eigenvalue weighted by Crippen LogP contribution is 2.27. The lowest BCUT2D eigenvalue weighted by molar-refractivity contribution is 0.343. The van der Waals surface area contributed by atoms with Gasteiger partial charge in [-0.05, 0) is 64.9 Å². The van der Waals surface area contributed by atoms with Crippen LogP contribution >= 0.6 is 11.6 Å². The van der Waals surface area contributed by atoms with Gasteiger partial charge in [-0.15, -0.1) is 0 Å². The normalized spacial score (nSPS) is 15.3. The molecule has 0 spiro atoms.